The number of benzene rings is 1. The molecule has 112 valence electrons. The molecule has 3 N–H and O–H groups in total. The van der Waals surface area contributed by atoms with Gasteiger partial charge >= 0.3 is 0 Å². The summed E-state index contributed by atoms with van der Waals surface area (Å²) >= 11 is 0. The number of ether oxygens (including phenoxy) is 1. The minimum absolute atomic E-state index is 0.0979. The molecule has 0 radical (unpaired) electrons. The minimum atomic E-state index is -0.729. The molecule has 0 saturated carbocycles. The normalized spacial score (nSPS) is 27.6. The number of aryl methyl sites for hydroxylation is 1. The van der Waals surface area contributed by atoms with Gasteiger partial charge in [-0.3, -0.25) is 0 Å². The number of nitrogens with one attached hydrogen (secondary N) is 1. The molecule has 1 aromatic rings. The van der Waals surface area contributed by atoms with Crippen molar-refractivity contribution in [3.05, 3.63) is 29.8 Å². The molecule has 1 fully saturated rings. The molecule has 0 bridgehead atoms. The number of rotatable bonds is 6. The molecule has 1 aromatic carbocycles. The van der Waals surface area contributed by atoms with Gasteiger partial charge in [-0.15, -0.1) is 0 Å². The SMILES string of the molecule is CC(CCc1ccc(O)cc1)NCC1(O)CCOC1C. The smallest absolute Gasteiger partial charge is 0.115 e. The molecular weight excluding hydrogens is 254 g/mol. The highest BCUT2D eigenvalue weighted by Crippen LogP contribution is 2.25. The first-order chi connectivity index (χ1) is 9.49. The van der Waals surface area contributed by atoms with Crippen LogP contribution in [0, 0.1) is 0 Å². The standard InChI is InChI=1S/C16H25NO3/c1-12(3-4-14-5-7-15(18)8-6-14)17-11-16(19)9-10-20-13(16)2/h5-8,12-13,17-19H,3-4,9-11H2,1-2H3. The van der Waals surface area contributed by atoms with E-state index >= 15 is 0 Å². The molecule has 1 heterocycles. The van der Waals surface area contributed by atoms with Crippen molar-refractivity contribution in [1.82, 2.24) is 5.32 Å². The Morgan fingerprint density at radius 3 is 2.70 bits per heavy atom. The van der Waals surface area contributed by atoms with Crippen LogP contribution in [0.5, 0.6) is 5.75 Å². The van der Waals surface area contributed by atoms with Gasteiger partial charge in [0.15, 0.2) is 0 Å². The van der Waals surface area contributed by atoms with Crippen LogP contribution < -0.4 is 5.32 Å². The van der Waals surface area contributed by atoms with Gasteiger partial charge in [0.05, 0.1) is 6.10 Å². The van der Waals surface area contributed by atoms with Crippen molar-refractivity contribution in [2.45, 2.75) is 50.9 Å². The third-order valence-corrected chi connectivity index (χ3v) is 4.22. The average molecular weight is 279 g/mol. The first-order valence-corrected chi connectivity index (χ1v) is 7.35. The molecule has 4 nitrogen and oxygen atoms in total. The molecule has 0 aromatic heterocycles. The van der Waals surface area contributed by atoms with Crippen LogP contribution >= 0.6 is 0 Å². The Morgan fingerprint density at radius 1 is 1.40 bits per heavy atom. The van der Waals surface area contributed by atoms with E-state index in [0.29, 0.717) is 31.4 Å². The van der Waals surface area contributed by atoms with Gasteiger partial charge < -0.3 is 20.3 Å². The highest BCUT2D eigenvalue weighted by molar-refractivity contribution is 5.25. The Kier molecular flexibility index (Phi) is 5.02. The second-order valence-corrected chi connectivity index (χ2v) is 5.85. The van der Waals surface area contributed by atoms with E-state index in [0.717, 1.165) is 12.8 Å². The van der Waals surface area contributed by atoms with Crippen molar-refractivity contribution in [2.75, 3.05) is 13.2 Å². The number of aromatic hydroxyl groups is 1. The Morgan fingerprint density at radius 2 is 2.10 bits per heavy atom. The fraction of sp³-hybridized carbons (Fsp3) is 0.625. The van der Waals surface area contributed by atoms with E-state index in [9.17, 15) is 10.2 Å². The van der Waals surface area contributed by atoms with Crippen molar-refractivity contribution in [1.29, 1.82) is 0 Å². The molecule has 4 heteroatoms. The molecule has 1 aliphatic rings. The van der Waals surface area contributed by atoms with Crippen LogP contribution in [-0.2, 0) is 11.2 Å². The van der Waals surface area contributed by atoms with Crippen LogP contribution in [0.1, 0.15) is 32.3 Å². The topological polar surface area (TPSA) is 61.7 Å². The molecule has 3 unspecified atom stereocenters. The first-order valence-electron chi connectivity index (χ1n) is 7.35. The van der Waals surface area contributed by atoms with Crippen LogP contribution in [0.2, 0.25) is 0 Å². The molecule has 2 rings (SSSR count). The van der Waals surface area contributed by atoms with Crippen molar-refractivity contribution in [2.24, 2.45) is 0 Å². The summed E-state index contributed by atoms with van der Waals surface area (Å²) in [6.07, 6.45) is 2.56. The zero-order valence-electron chi connectivity index (χ0n) is 12.3. The van der Waals surface area contributed by atoms with Gasteiger partial charge in [-0.25, -0.2) is 0 Å². The molecular formula is C16H25NO3. The van der Waals surface area contributed by atoms with Gasteiger partial charge in [0, 0.05) is 25.6 Å². The zero-order valence-corrected chi connectivity index (χ0v) is 12.3. The van der Waals surface area contributed by atoms with Gasteiger partial charge in [-0.2, -0.15) is 0 Å². The fourth-order valence-corrected chi connectivity index (χ4v) is 2.50. The lowest BCUT2D eigenvalue weighted by Gasteiger charge is -2.28. The summed E-state index contributed by atoms with van der Waals surface area (Å²) in [5.74, 6) is 0.303. The van der Waals surface area contributed by atoms with Crippen LogP contribution in [-0.4, -0.2) is 41.1 Å². The summed E-state index contributed by atoms with van der Waals surface area (Å²) in [5.41, 5.74) is 0.486. The van der Waals surface area contributed by atoms with Crippen molar-refractivity contribution in [3.8, 4) is 5.75 Å². The third-order valence-electron chi connectivity index (χ3n) is 4.22. The minimum Gasteiger partial charge on any atom is -0.508 e. The van der Waals surface area contributed by atoms with Gasteiger partial charge in [-0.1, -0.05) is 12.1 Å². The predicted molar refractivity (Wildman–Crippen MR) is 78.9 cm³/mol. The number of hydrogen-bond acceptors (Lipinski definition) is 4. The van der Waals surface area contributed by atoms with E-state index in [-0.39, 0.29) is 6.10 Å². The lowest BCUT2D eigenvalue weighted by Crippen LogP contribution is -2.48. The number of phenolic OH excluding ortho intramolecular Hbond substituents is 1. The first kappa shape index (κ1) is 15.3. The Bertz CT molecular complexity index is 420. The lowest BCUT2D eigenvalue weighted by atomic mass is 9.96. The number of phenols is 1. The summed E-state index contributed by atoms with van der Waals surface area (Å²) in [6, 6.07) is 7.66. The molecule has 20 heavy (non-hydrogen) atoms. The number of hydrogen-bond donors (Lipinski definition) is 3. The van der Waals surface area contributed by atoms with Crippen molar-refractivity contribution >= 4 is 0 Å². The van der Waals surface area contributed by atoms with Crippen molar-refractivity contribution in [3.63, 3.8) is 0 Å². The molecule has 0 spiro atoms. The van der Waals surface area contributed by atoms with E-state index in [1.54, 1.807) is 12.1 Å². The molecule has 0 amide bonds. The van der Waals surface area contributed by atoms with E-state index < -0.39 is 5.60 Å². The van der Waals surface area contributed by atoms with Gasteiger partial charge in [0.25, 0.3) is 0 Å². The van der Waals surface area contributed by atoms with Gasteiger partial charge in [0.2, 0.25) is 0 Å². The van der Waals surface area contributed by atoms with E-state index in [4.69, 9.17) is 4.74 Å². The second kappa shape index (κ2) is 6.57. The average Bonchev–Trinajstić information content (AvgIpc) is 2.76. The van der Waals surface area contributed by atoms with E-state index in [1.165, 1.54) is 5.56 Å². The van der Waals surface area contributed by atoms with Gasteiger partial charge in [-0.05, 0) is 44.4 Å². The highest BCUT2D eigenvalue weighted by atomic mass is 16.5. The lowest BCUT2D eigenvalue weighted by molar-refractivity contribution is -0.0274. The Balaban J connectivity index is 1.73. The monoisotopic (exact) mass is 279 g/mol. The van der Waals surface area contributed by atoms with Crippen LogP contribution in [0.4, 0.5) is 0 Å². The van der Waals surface area contributed by atoms with E-state index in [1.807, 2.05) is 19.1 Å². The summed E-state index contributed by atoms with van der Waals surface area (Å²) in [7, 11) is 0. The zero-order chi connectivity index (χ0) is 14.6. The van der Waals surface area contributed by atoms with Crippen molar-refractivity contribution < 1.29 is 14.9 Å². The molecule has 0 aliphatic carbocycles. The Hall–Kier alpha value is -1.10. The molecule has 1 saturated heterocycles. The molecule has 1 aliphatic heterocycles. The summed E-state index contributed by atoms with van der Waals surface area (Å²) in [5, 5.41) is 23.0. The van der Waals surface area contributed by atoms with Crippen LogP contribution in [0.15, 0.2) is 24.3 Å². The number of aliphatic hydroxyl groups is 1. The second-order valence-electron chi connectivity index (χ2n) is 5.85. The quantitative estimate of drug-likeness (QED) is 0.743. The fourth-order valence-electron chi connectivity index (χ4n) is 2.50. The third kappa shape index (κ3) is 3.95. The summed E-state index contributed by atoms with van der Waals surface area (Å²) in [4.78, 5) is 0. The van der Waals surface area contributed by atoms with E-state index in [2.05, 4.69) is 12.2 Å². The maximum atomic E-state index is 10.4. The maximum absolute atomic E-state index is 10.4. The largest absolute Gasteiger partial charge is 0.508 e. The summed E-state index contributed by atoms with van der Waals surface area (Å²) < 4.78 is 5.43. The predicted octanol–water partition coefficient (Wildman–Crippen LogP) is 1.84. The Labute approximate surface area is 120 Å². The van der Waals surface area contributed by atoms with Crippen LogP contribution in [0.25, 0.3) is 0 Å². The maximum Gasteiger partial charge on any atom is 0.115 e. The molecule has 3 atom stereocenters. The van der Waals surface area contributed by atoms with Crippen LogP contribution in [0.3, 0.4) is 0 Å². The van der Waals surface area contributed by atoms with Gasteiger partial charge in [0.1, 0.15) is 11.4 Å². The highest BCUT2D eigenvalue weighted by Gasteiger charge is 2.39. The summed E-state index contributed by atoms with van der Waals surface area (Å²) in [6.45, 7) is 5.27.